The Bertz CT molecular complexity index is 598. The van der Waals surface area contributed by atoms with Gasteiger partial charge in [-0.15, -0.1) is 0 Å². The molecule has 0 aliphatic carbocycles. The summed E-state index contributed by atoms with van der Waals surface area (Å²) in [6.07, 6.45) is 1.14. The average molecular weight is 361 g/mol. The highest BCUT2D eigenvalue weighted by Gasteiger charge is 2.24. The van der Waals surface area contributed by atoms with Crippen LogP contribution in [-0.2, 0) is 16.1 Å². The fourth-order valence-electron chi connectivity index (χ4n) is 2.97. The van der Waals surface area contributed by atoms with Gasteiger partial charge >= 0.3 is 0 Å². The minimum Gasteiger partial charge on any atom is -0.384 e. The van der Waals surface area contributed by atoms with Crippen LogP contribution < -0.4 is 10.6 Å². The zero-order valence-corrected chi connectivity index (χ0v) is 16.4. The Morgan fingerprint density at radius 1 is 1.35 bits per heavy atom. The summed E-state index contributed by atoms with van der Waals surface area (Å²) in [5.41, 5.74) is 1.95. The Balaban J connectivity index is 1.95. The number of nitrogens with one attached hydrogen (secondary N) is 2. The third kappa shape index (κ3) is 6.02. The summed E-state index contributed by atoms with van der Waals surface area (Å²) >= 11 is 0. The van der Waals surface area contributed by atoms with Gasteiger partial charge in [-0.3, -0.25) is 4.79 Å². The van der Waals surface area contributed by atoms with Gasteiger partial charge in [-0.1, -0.05) is 26.0 Å². The lowest BCUT2D eigenvalue weighted by molar-refractivity contribution is -0.118. The van der Waals surface area contributed by atoms with Crippen LogP contribution in [0.25, 0.3) is 0 Å². The molecule has 1 aliphatic rings. The fourth-order valence-corrected chi connectivity index (χ4v) is 2.97. The van der Waals surface area contributed by atoms with Crippen LogP contribution in [0.4, 0.5) is 5.69 Å². The van der Waals surface area contributed by atoms with Gasteiger partial charge in [-0.25, -0.2) is 4.99 Å². The number of anilines is 1. The van der Waals surface area contributed by atoms with Crippen molar-refractivity contribution in [2.45, 2.75) is 33.7 Å². The van der Waals surface area contributed by atoms with Crippen LogP contribution in [0.3, 0.4) is 0 Å². The molecule has 2 rings (SSSR count). The maximum absolute atomic E-state index is 11.7. The van der Waals surface area contributed by atoms with Gasteiger partial charge in [0.25, 0.3) is 0 Å². The molecule has 0 spiro atoms. The summed E-state index contributed by atoms with van der Waals surface area (Å²) in [5.74, 6) is 1.55. The summed E-state index contributed by atoms with van der Waals surface area (Å²) in [4.78, 5) is 18.8. The molecular formula is C20H32N4O2. The molecule has 2 N–H and O–H groups in total. The van der Waals surface area contributed by atoms with Crippen LogP contribution in [-0.4, -0.2) is 50.1 Å². The molecule has 1 atom stereocenters. The van der Waals surface area contributed by atoms with Gasteiger partial charge in [-0.05, 0) is 31.0 Å². The standard InChI is InChI=1S/C20H32N4O2/c1-5-21-20(24-11-10-17(13-24)14-26-4)22-12-16-6-8-18(9-7-16)23-19(25)15(2)3/h6-9,15,17H,5,10-14H2,1-4H3,(H,21,22)(H,23,25). The van der Waals surface area contributed by atoms with Crippen molar-refractivity contribution in [2.24, 2.45) is 16.8 Å². The van der Waals surface area contributed by atoms with Crippen molar-refractivity contribution in [1.82, 2.24) is 10.2 Å². The Morgan fingerprint density at radius 2 is 2.08 bits per heavy atom. The topological polar surface area (TPSA) is 66.0 Å². The van der Waals surface area contributed by atoms with Crippen LogP contribution in [0.1, 0.15) is 32.8 Å². The van der Waals surface area contributed by atoms with E-state index in [1.165, 1.54) is 0 Å². The van der Waals surface area contributed by atoms with Crippen LogP contribution in [0.2, 0.25) is 0 Å². The number of carbonyl (C=O) groups excluding carboxylic acids is 1. The predicted octanol–water partition coefficient (Wildman–Crippen LogP) is 2.71. The number of nitrogens with zero attached hydrogens (tertiary/aromatic N) is 2. The van der Waals surface area contributed by atoms with E-state index < -0.39 is 0 Å². The van der Waals surface area contributed by atoms with Gasteiger partial charge in [0.1, 0.15) is 0 Å². The molecule has 1 aromatic rings. The first kappa shape index (κ1) is 20.2. The van der Waals surface area contributed by atoms with Crippen molar-refractivity contribution in [1.29, 1.82) is 0 Å². The Kier molecular flexibility index (Phi) is 7.91. The number of methoxy groups -OCH3 is 1. The number of aliphatic imine (C=N–C) groups is 1. The molecule has 0 bridgehead atoms. The van der Waals surface area contributed by atoms with Crippen molar-refractivity contribution < 1.29 is 9.53 Å². The number of guanidine groups is 1. The van der Waals surface area contributed by atoms with E-state index in [0.717, 1.165) is 49.9 Å². The van der Waals surface area contributed by atoms with E-state index in [4.69, 9.17) is 9.73 Å². The van der Waals surface area contributed by atoms with Crippen LogP contribution in [0.15, 0.2) is 29.3 Å². The number of carbonyl (C=O) groups is 1. The lowest BCUT2D eigenvalue weighted by atomic mass is 10.1. The van der Waals surface area contributed by atoms with Crippen molar-refractivity contribution >= 4 is 17.6 Å². The molecule has 6 nitrogen and oxygen atoms in total. The van der Waals surface area contributed by atoms with E-state index in [9.17, 15) is 4.79 Å². The highest BCUT2D eigenvalue weighted by molar-refractivity contribution is 5.92. The van der Waals surface area contributed by atoms with Crippen molar-refractivity contribution in [3.63, 3.8) is 0 Å². The maximum Gasteiger partial charge on any atom is 0.226 e. The zero-order chi connectivity index (χ0) is 18.9. The molecule has 0 saturated carbocycles. The molecule has 1 aromatic carbocycles. The number of benzene rings is 1. The molecule has 1 amide bonds. The molecule has 26 heavy (non-hydrogen) atoms. The van der Waals surface area contributed by atoms with E-state index in [-0.39, 0.29) is 11.8 Å². The third-order valence-corrected chi connectivity index (χ3v) is 4.48. The van der Waals surface area contributed by atoms with Crippen LogP contribution >= 0.6 is 0 Å². The summed E-state index contributed by atoms with van der Waals surface area (Å²) in [7, 11) is 1.76. The van der Waals surface area contributed by atoms with E-state index in [1.54, 1.807) is 7.11 Å². The average Bonchev–Trinajstić information content (AvgIpc) is 3.08. The lowest BCUT2D eigenvalue weighted by Gasteiger charge is -2.21. The molecule has 1 heterocycles. The maximum atomic E-state index is 11.7. The minimum absolute atomic E-state index is 0.0238. The van der Waals surface area contributed by atoms with Gasteiger partial charge in [0, 0.05) is 44.3 Å². The SMILES string of the molecule is CCNC(=NCc1ccc(NC(=O)C(C)C)cc1)N1CCC(COC)C1. The zero-order valence-electron chi connectivity index (χ0n) is 16.4. The first-order valence-corrected chi connectivity index (χ1v) is 9.45. The minimum atomic E-state index is -0.0238. The largest absolute Gasteiger partial charge is 0.384 e. The number of likely N-dealkylation sites (tertiary alicyclic amines) is 1. The van der Waals surface area contributed by atoms with Crippen molar-refractivity contribution in [3.8, 4) is 0 Å². The molecule has 1 fully saturated rings. The number of hydrogen-bond acceptors (Lipinski definition) is 3. The predicted molar refractivity (Wildman–Crippen MR) is 106 cm³/mol. The normalized spacial score (nSPS) is 17.7. The fraction of sp³-hybridized carbons (Fsp3) is 0.600. The van der Waals surface area contributed by atoms with E-state index >= 15 is 0 Å². The van der Waals surface area contributed by atoms with Gasteiger partial charge in [-0.2, -0.15) is 0 Å². The lowest BCUT2D eigenvalue weighted by Crippen LogP contribution is -2.40. The molecule has 1 unspecified atom stereocenters. The second kappa shape index (κ2) is 10.2. The molecule has 6 heteroatoms. The number of ether oxygens (including phenoxy) is 1. The Hall–Kier alpha value is -2.08. The van der Waals surface area contributed by atoms with E-state index in [0.29, 0.717) is 12.5 Å². The molecule has 0 radical (unpaired) electrons. The summed E-state index contributed by atoms with van der Waals surface area (Å²) in [5, 5.41) is 6.29. The molecule has 1 aliphatic heterocycles. The smallest absolute Gasteiger partial charge is 0.226 e. The summed E-state index contributed by atoms with van der Waals surface area (Å²) in [6.45, 7) is 10.1. The van der Waals surface area contributed by atoms with Gasteiger partial charge in [0.15, 0.2) is 5.96 Å². The van der Waals surface area contributed by atoms with Gasteiger partial charge in [0.2, 0.25) is 5.91 Å². The Labute approximate surface area is 157 Å². The molecule has 1 saturated heterocycles. The number of hydrogen-bond donors (Lipinski definition) is 2. The highest BCUT2D eigenvalue weighted by Crippen LogP contribution is 2.17. The Morgan fingerprint density at radius 3 is 2.69 bits per heavy atom. The first-order chi connectivity index (χ1) is 12.5. The van der Waals surface area contributed by atoms with E-state index in [1.807, 2.05) is 38.1 Å². The molecular weight excluding hydrogens is 328 g/mol. The van der Waals surface area contributed by atoms with Crippen molar-refractivity contribution in [3.05, 3.63) is 29.8 Å². The second-order valence-corrected chi connectivity index (χ2v) is 7.07. The summed E-state index contributed by atoms with van der Waals surface area (Å²) < 4.78 is 5.28. The third-order valence-electron chi connectivity index (χ3n) is 4.48. The van der Waals surface area contributed by atoms with Crippen LogP contribution in [0.5, 0.6) is 0 Å². The van der Waals surface area contributed by atoms with E-state index in [2.05, 4.69) is 22.5 Å². The monoisotopic (exact) mass is 360 g/mol. The summed E-state index contributed by atoms with van der Waals surface area (Å²) in [6, 6.07) is 7.90. The number of rotatable bonds is 7. The van der Waals surface area contributed by atoms with Gasteiger partial charge in [0.05, 0.1) is 13.2 Å². The number of amides is 1. The second-order valence-electron chi connectivity index (χ2n) is 7.07. The van der Waals surface area contributed by atoms with Crippen molar-refractivity contribution in [2.75, 3.05) is 38.7 Å². The van der Waals surface area contributed by atoms with Gasteiger partial charge < -0.3 is 20.3 Å². The molecule has 144 valence electrons. The highest BCUT2D eigenvalue weighted by atomic mass is 16.5. The first-order valence-electron chi connectivity index (χ1n) is 9.45. The quantitative estimate of drug-likeness (QED) is 0.580. The molecule has 0 aromatic heterocycles. The van der Waals surface area contributed by atoms with Crippen LogP contribution in [0, 0.1) is 11.8 Å².